The van der Waals surface area contributed by atoms with Crippen LogP contribution in [0.1, 0.15) is 37.6 Å². The van der Waals surface area contributed by atoms with Gasteiger partial charge in [-0.1, -0.05) is 0 Å². The molecule has 6 nitrogen and oxygen atoms in total. The van der Waals surface area contributed by atoms with E-state index in [-0.39, 0.29) is 29.2 Å². The molecule has 2 rings (SSSR count). The summed E-state index contributed by atoms with van der Waals surface area (Å²) in [6.45, 7) is 5.72. The van der Waals surface area contributed by atoms with Gasteiger partial charge in [0.1, 0.15) is 0 Å². The molecule has 2 atom stereocenters. The number of anilines is 1. The molecule has 6 heteroatoms. The molecule has 0 radical (unpaired) electrons. The fourth-order valence-electron chi connectivity index (χ4n) is 2.28. The summed E-state index contributed by atoms with van der Waals surface area (Å²) in [5, 5.41) is 5.65. The van der Waals surface area contributed by atoms with Crippen LogP contribution in [-0.4, -0.2) is 30.4 Å². The Morgan fingerprint density at radius 1 is 1.04 bits per heavy atom. The van der Waals surface area contributed by atoms with Crippen molar-refractivity contribution in [2.75, 3.05) is 12.4 Å². The summed E-state index contributed by atoms with van der Waals surface area (Å²) in [7, 11) is 1.31. The number of hydrogen-bond acceptors (Lipinski definition) is 4. The zero-order valence-electron chi connectivity index (χ0n) is 13.8. The Morgan fingerprint density at radius 3 is 2.13 bits per heavy atom. The van der Waals surface area contributed by atoms with Gasteiger partial charge in [0.2, 0.25) is 11.8 Å². The molecule has 1 fully saturated rings. The minimum atomic E-state index is -0.427. The predicted octanol–water partition coefficient (Wildman–Crippen LogP) is 1.96. The summed E-state index contributed by atoms with van der Waals surface area (Å²) in [5.74, 6) is -1.24. The normalized spacial score (nSPS) is 19.7. The number of ether oxygens (including phenoxy) is 1. The lowest BCUT2D eigenvalue weighted by Gasteiger charge is -2.20. The monoisotopic (exact) mass is 318 g/mol. The highest BCUT2D eigenvalue weighted by molar-refractivity contribution is 6.00. The molecule has 0 bridgehead atoms. The Bertz CT molecular complexity index is 616. The third kappa shape index (κ3) is 4.55. The summed E-state index contributed by atoms with van der Waals surface area (Å²) in [6.07, 6.45) is 0.563. The van der Waals surface area contributed by atoms with Crippen molar-refractivity contribution in [3.63, 3.8) is 0 Å². The SMILES string of the molecule is COC(=O)c1ccc(NC(=O)C2CC2C(=O)NC(C)(C)C)cc1. The number of carbonyl (C=O) groups is 3. The van der Waals surface area contributed by atoms with Crippen LogP contribution in [0.15, 0.2) is 24.3 Å². The number of methoxy groups -OCH3 is 1. The Labute approximate surface area is 135 Å². The maximum absolute atomic E-state index is 12.1. The minimum absolute atomic E-state index is 0.0845. The van der Waals surface area contributed by atoms with E-state index in [1.54, 1.807) is 24.3 Å². The maximum Gasteiger partial charge on any atom is 0.337 e. The zero-order valence-corrected chi connectivity index (χ0v) is 13.8. The van der Waals surface area contributed by atoms with Crippen LogP contribution in [0, 0.1) is 11.8 Å². The number of esters is 1. The fourth-order valence-corrected chi connectivity index (χ4v) is 2.28. The van der Waals surface area contributed by atoms with Gasteiger partial charge in [-0.3, -0.25) is 9.59 Å². The van der Waals surface area contributed by atoms with Gasteiger partial charge in [0, 0.05) is 11.2 Å². The molecule has 0 heterocycles. The zero-order chi connectivity index (χ0) is 17.2. The molecule has 1 aliphatic rings. The second-order valence-electron chi connectivity index (χ2n) is 6.75. The first kappa shape index (κ1) is 17.0. The van der Waals surface area contributed by atoms with Crippen LogP contribution in [0.2, 0.25) is 0 Å². The molecule has 2 N–H and O–H groups in total. The van der Waals surface area contributed by atoms with E-state index >= 15 is 0 Å². The standard InChI is InChI=1S/C17H22N2O4/c1-17(2,3)19-15(21)13-9-12(13)14(20)18-11-7-5-10(6-8-11)16(22)23-4/h5-8,12-13H,9H2,1-4H3,(H,18,20)(H,19,21). The topological polar surface area (TPSA) is 84.5 Å². The van der Waals surface area contributed by atoms with Gasteiger partial charge >= 0.3 is 5.97 Å². The summed E-state index contributed by atoms with van der Waals surface area (Å²) in [5.41, 5.74) is 0.702. The van der Waals surface area contributed by atoms with Gasteiger partial charge in [0.05, 0.1) is 24.5 Å². The van der Waals surface area contributed by atoms with E-state index in [0.29, 0.717) is 17.7 Å². The molecule has 0 aromatic heterocycles. The van der Waals surface area contributed by atoms with Crippen LogP contribution >= 0.6 is 0 Å². The number of benzene rings is 1. The van der Waals surface area contributed by atoms with Crippen molar-refractivity contribution in [2.24, 2.45) is 11.8 Å². The van der Waals surface area contributed by atoms with Crippen molar-refractivity contribution < 1.29 is 19.1 Å². The van der Waals surface area contributed by atoms with Gasteiger partial charge < -0.3 is 15.4 Å². The van der Waals surface area contributed by atoms with Crippen molar-refractivity contribution in [3.05, 3.63) is 29.8 Å². The van der Waals surface area contributed by atoms with E-state index in [1.807, 2.05) is 20.8 Å². The van der Waals surface area contributed by atoms with Crippen molar-refractivity contribution in [3.8, 4) is 0 Å². The average Bonchev–Trinajstić information content (AvgIpc) is 3.26. The van der Waals surface area contributed by atoms with Crippen LogP contribution in [0.4, 0.5) is 5.69 Å². The molecule has 1 aromatic rings. The van der Waals surface area contributed by atoms with Crippen molar-refractivity contribution in [1.82, 2.24) is 5.32 Å². The van der Waals surface area contributed by atoms with Crippen LogP contribution in [0.5, 0.6) is 0 Å². The second kappa shape index (κ2) is 6.40. The van der Waals surface area contributed by atoms with Gasteiger partial charge in [-0.25, -0.2) is 4.79 Å². The highest BCUT2D eigenvalue weighted by atomic mass is 16.5. The number of rotatable bonds is 4. The summed E-state index contributed by atoms with van der Waals surface area (Å²) >= 11 is 0. The molecule has 1 aromatic carbocycles. The Hall–Kier alpha value is -2.37. The summed E-state index contributed by atoms with van der Waals surface area (Å²) < 4.78 is 4.61. The molecular formula is C17H22N2O4. The Kier molecular flexibility index (Phi) is 4.73. The van der Waals surface area contributed by atoms with Crippen molar-refractivity contribution in [1.29, 1.82) is 0 Å². The van der Waals surface area contributed by atoms with Gasteiger partial charge in [-0.2, -0.15) is 0 Å². The molecule has 2 amide bonds. The smallest absolute Gasteiger partial charge is 0.337 e. The number of carbonyl (C=O) groups excluding carboxylic acids is 3. The van der Waals surface area contributed by atoms with E-state index in [0.717, 1.165) is 0 Å². The molecule has 1 aliphatic carbocycles. The van der Waals surface area contributed by atoms with Crippen molar-refractivity contribution >= 4 is 23.5 Å². The second-order valence-corrected chi connectivity index (χ2v) is 6.75. The van der Waals surface area contributed by atoms with E-state index in [1.165, 1.54) is 7.11 Å². The average molecular weight is 318 g/mol. The predicted molar refractivity (Wildman–Crippen MR) is 85.9 cm³/mol. The number of hydrogen-bond donors (Lipinski definition) is 2. The third-order valence-electron chi connectivity index (χ3n) is 3.54. The van der Waals surface area contributed by atoms with Crippen molar-refractivity contribution in [2.45, 2.75) is 32.7 Å². The fraction of sp³-hybridized carbons (Fsp3) is 0.471. The summed E-state index contributed by atoms with van der Waals surface area (Å²) in [6, 6.07) is 6.43. The Morgan fingerprint density at radius 2 is 1.61 bits per heavy atom. The summed E-state index contributed by atoms with van der Waals surface area (Å²) in [4.78, 5) is 35.5. The van der Waals surface area contributed by atoms with Crippen LogP contribution in [-0.2, 0) is 14.3 Å². The number of nitrogens with one attached hydrogen (secondary N) is 2. The minimum Gasteiger partial charge on any atom is -0.465 e. The van der Waals surface area contributed by atoms with Gasteiger partial charge in [-0.15, -0.1) is 0 Å². The Balaban J connectivity index is 1.89. The molecule has 23 heavy (non-hydrogen) atoms. The van der Waals surface area contributed by atoms with Crippen LogP contribution in [0.3, 0.4) is 0 Å². The molecule has 2 unspecified atom stereocenters. The molecule has 0 aliphatic heterocycles. The van der Waals surface area contributed by atoms with Gasteiger partial charge in [0.15, 0.2) is 0 Å². The molecular weight excluding hydrogens is 296 g/mol. The van der Waals surface area contributed by atoms with E-state index < -0.39 is 5.97 Å². The molecule has 124 valence electrons. The van der Waals surface area contributed by atoms with E-state index in [9.17, 15) is 14.4 Å². The number of amides is 2. The van der Waals surface area contributed by atoms with Crippen LogP contribution in [0.25, 0.3) is 0 Å². The van der Waals surface area contributed by atoms with E-state index in [4.69, 9.17) is 0 Å². The maximum atomic E-state index is 12.1. The lowest BCUT2D eigenvalue weighted by molar-refractivity contribution is -0.126. The first-order valence-electron chi connectivity index (χ1n) is 7.52. The van der Waals surface area contributed by atoms with Gasteiger partial charge in [-0.05, 0) is 51.5 Å². The lowest BCUT2D eigenvalue weighted by Crippen LogP contribution is -2.42. The van der Waals surface area contributed by atoms with E-state index in [2.05, 4.69) is 15.4 Å². The first-order valence-corrected chi connectivity index (χ1v) is 7.52. The highest BCUT2D eigenvalue weighted by Gasteiger charge is 2.48. The lowest BCUT2D eigenvalue weighted by atomic mass is 10.1. The van der Waals surface area contributed by atoms with Crippen LogP contribution < -0.4 is 10.6 Å². The van der Waals surface area contributed by atoms with Gasteiger partial charge in [0.25, 0.3) is 0 Å². The third-order valence-corrected chi connectivity index (χ3v) is 3.54. The molecule has 0 saturated heterocycles. The first-order chi connectivity index (χ1) is 10.7. The molecule has 1 saturated carbocycles. The molecule has 0 spiro atoms. The highest BCUT2D eigenvalue weighted by Crippen LogP contribution is 2.39. The quantitative estimate of drug-likeness (QED) is 0.831. The largest absolute Gasteiger partial charge is 0.465 e.